The summed E-state index contributed by atoms with van der Waals surface area (Å²) in [5, 5.41) is 9.00. The van der Waals surface area contributed by atoms with Gasteiger partial charge >= 0.3 is 5.97 Å². The maximum Gasteiger partial charge on any atom is 0.327 e. The Hall–Kier alpha value is -0.700. The number of rotatable bonds is 1. The van der Waals surface area contributed by atoms with Crippen LogP contribution in [0.2, 0.25) is 15.1 Å². The van der Waals surface area contributed by atoms with Crippen LogP contribution in [0.1, 0.15) is 0 Å². The number of hydrogen-bond donors (Lipinski definition) is 1. The molecule has 0 saturated heterocycles. The highest BCUT2D eigenvalue weighted by Gasteiger charge is 1.98. The molecule has 0 amide bonds. The van der Waals surface area contributed by atoms with Crippen LogP contribution in [0.5, 0.6) is 0 Å². The monoisotopic (exact) mass is 252 g/mol. The summed E-state index contributed by atoms with van der Waals surface area (Å²) in [6.07, 6.45) is 0.833. The van der Waals surface area contributed by atoms with E-state index in [0.29, 0.717) is 15.1 Å². The first-order chi connectivity index (χ1) is 6.49. The van der Waals surface area contributed by atoms with Gasteiger partial charge in [-0.25, -0.2) is 4.79 Å². The molecule has 0 radical (unpaired) electrons. The van der Waals surface area contributed by atoms with Crippen LogP contribution in [0.3, 0.4) is 0 Å². The molecule has 0 aliphatic heterocycles. The Morgan fingerprint density at radius 1 is 1.29 bits per heavy atom. The molecule has 0 aliphatic carbocycles. The van der Waals surface area contributed by atoms with Crippen LogP contribution in [-0.4, -0.2) is 11.1 Å². The lowest BCUT2D eigenvalue weighted by molar-refractivity contribution is -0.131. The summed E-state index contributed by atoms with van der Waals surface area (Å²) in [4.78, 5) is 9.25. The maximum absolute atomic E-state index is 9.25. The second-order valence-electron chi connectivity index (χ2n) is 2.08. The third-order valence-corrected chi connectivity index (χ3v) is 2.31. The minimum Gasteiger partial charge on any atom is -0.478 e. The van der Waals surface area contributed by atoms with Crippen LogP contribution in [0.25, 0.3) is 0 Å². The van der Waals surface area contributed by atoms with Gasteiger partial charge in [-0.1, -0.05) is 47.4 Å². The summed E-state index contributed by atoms with van der Waals surface area (Å²) in [5.41, 5.74) is 0. The largest absolute Gasteiger partial charge is 0.478 e. The molecule has 1 aromatic carbocycles. The molecule has 5 heteroatoms. The van der Waals surface area contributed by atoms with Gasteiger partial charge in [0.25, 0.3) is 0 Å². The van der Waals surface area contributed by atoms with Gasteiger partial charge in [0, 0.05) is 6.08 Å². The van der Waals surface area contributed by atoms with Crippen molar-refractivity contribution >= 4 is 40.8 Å². The first-order valence-electron chi connectivity index (χ1n) is 3.44. The van der Waals surface area contributed by atoms with Crippen molar-refractivity contribution in [1.29, 1.82) is 0 Å². The van der Waals surface area contributed by atoms with Crippen LogP contribution < -0.4 is 0 Å². The summed E-state index contributed by atoms with van der Waals surface area (Å²) in [7, 11) is 0. The fraction of sp³-hybridized carbons (Fsp3) is 0. The molecule has 0 saturated carbocycles. The number of aliphatic carboxylic acids is 1. The van der Waals surface area contributed by atoms with Gasteiger partial charge < -0.3 is 5.11 Å². The van der Waals surface area contributed by atoms with E-state index in [1.165, 1.54) is 0 Å². The summed E-state index contributed by atoms with van der Waals surface area (Å²) < 4.78 is 0. The lowest BCUT2D eigenvalue weighted by Gasteiger charge is -1.94. The summed E-state index contributed by atoms with van der Waals surface area (Å²) in [5.74, 6) is -0.981. The summed E-state index contributed by atoms with van der Waals surface area (Å²) >= 11 is 16.8. The smallest absolute Gasteiger partial charge is 0.327 e. The Labute approximate surface area is 96.7 Å². The molecule has 14 heavy (non-hydrogen) atoms. The van der Waals surface area contributed by atoms with E-state index in [4.69, 9.17) is 39.9 Å². The zero-order chi connectivity index (χ0) is 11.1. The standard InChI is InChI=1S/C6H3Cl3.C3H4O2/c7-4-2-1-3-5(8)6(4)9;1-2-3(4)5/h1-3H;2H,1H2,(H,4,5). The molecular formula is C9H7Cl3O2. The van der Waals surface area contributed by atoms with Gasteiger partial charge in [0.05, 0.1) is 15.1 Å². The average Bonchev–Trinajstić information content (AvgIpc) is 2.15. The molecule has 0 bridgehead atoms. The van der Waals surface area contributed by atoms with Crippen LogP contribution in [-0.2, 0) is 4.79 Å². The van der Waals surface area contributed by atoms with Crippen molar-refractivity contribution < 1.29 is 9.90 Å². The molecule has 1 N–H and O–H groups in total. The van der Waals surface area contributed by atoms with Crippen LogP contribution in [0.15, 0.2) is 30.9 Å². The molecule has 76 valence electrons. The molecule has 0 fully saturated rings. The minimum absolute atomic E-state index is 0.417. The minimum atomic E-state index is -0.981. The van der Waals surface area contributed by atoms with E-state index in [1.807, 2.05) is 0 Å². The summed E-state index contributed by atoms with van der Waals surface area (Å²) in [6, 6.07) is 5.13. The Bertz CT molecular complexity index is 317. The molecule has 0 spiro atoms. The molecule has 0 aliphatic rings. The molecule has 0 atom stereocenters. The third kappa shape index (κ3) is 5.12. The zero-order valence-corrected chi connectivity index (χ0v) is 9.27. The highest BCUT2D eigenvalue weighted by Crippen LogP contribution is 2.28. The predicted octanol–water partition coefficient (Wildman–Crippen LogP) is 3.90. The van der Waals surface area contributed by atoms with Crippen LogP contribution in [0.4, 0.5) is 0 Å². The third-order valence-electron chi connectivity index (χ3n) is 1.08. The van der Waals surface area contributed by atoms with Crippen molar-refractivity contribution in [2.45, 2.75) is 0 Å². The van der Waals surface area contributed by atoms with Gasteiger partial charge in [-0.05, 0) is 12.1 Å². The molecule has 0 aromatic heterocycles. The Morgan fingerprint density at radius 2 is 1.64 bits per heavy atom. The predicted molar refractivity (Wildman–Crippen MR) is 59.3 cm³/mol. The Kier molecular flexibility index (Phi) is 6.37. The van der Waals surface area contributed by atoms with Crippen molar-refractivity contribution in [2.75, 3.05) is 0 Å². The first kappa shape index (κ1) is 13.3. The average molecular weight is 254 g/mol. The van der Waals surface area contributed by atoms with Crippen molar-refractivity contribution in [2.24, 2.45) is 0 Å². The van der Waals surface area contributed by atoms with Crippen LogP contribution in [0, 0.1) is 0 Å². The highest BCUT2D eigenvalue weighted by atomic mass is 35.5. The Morgan fingerprint density at radius 3 is 1.86 bits per heavy atom. The normalized spacial score (nSPS) is 8.50. The van der Waals surface area contributed by atoms with E-state index in [9.17, 15) is 4.79 Å². The second kappa shape index (κ2) is 6.71. The summed E-state index contributed by atoms with van der Waals surface area (Å²) in [6.45, 7) is 2.96. The number of carboxylic acid groups (broad SMARTS) is 1. The van der Waals surface area contributed by atoms with Crippen LogP contribution >= 0.6 is 34.8 Å². The zero-order valence-electron chi connectivity index (χ0n) is 7.01. The number of hydrogen-bond acceptors (Lipinski definition) is 1. The van der Waals surface area contributed by atoms with E-state index in [-0.39, 0.29) is 0 Å². The second-order valence-corrected chi connectivity index (χ2v) is 3.27. The van der Waals surface area contributed by atoms with Gasteiger partial charge in [-0.15, -0.1) is 0 Å². The lowest BCUT2D eigenvalue weighted by Crippen LogP contribution is -1.82. The van der Waals surface area contributed by atoms with Crippen molar-refractivity contribution in [3.8, 4) is 0 Å². The maximum atomic E-state index is 9.25. The molecule has 1 aromatic rings. The molecule has 0 unspecified atom stereocenters. The van der Waals surface area contributed by atoms with Crippen molar-refractivity contribution in [1.82, 2.24) is 0 Å². The van der Waals surface area contributed by atoms with Crippen molar-refractivity contribution in [3.63, 3.8) is 0 Å². The number of carboxylic acids is 1. The molecular weight excluding hydrogens is 246 g/mol. The number of carbonyl (C=O) groups is 1. The number of halogens is 3. The molecule has 2 nitrogen and oxygen atoms in total. The van der Waals surface area contributed by atoms with Gasteiger partial charge in [0.15, 0.2) is 0 Å². The van der Waals surface area contributed by atoms with E-state index in [1.54, 1.807) is 18.2 Å². The van der Waals surface area contributed by atoms with Crippen molar-refractivity contribution in [3.05, 3.63) is 45.9 Å². The van der Waals surface area contributed by atoms with Gasteiger partial charge in [0.2, 0.25) is 0 Å². The van der Waals surface area contributed by atoms with E-state index < -0.39 is 5.97 Å². The fourth-order valence-corrected chi connectivity index (χ4v) is 1.00. The van der Waals surface area contributed by atoms with Gasteiger partial charge in [0.1, 0.15) is 0 Å². The Balaban J connectivity index is 0.000000292. The topological polar surface area (TPSA) is 37.3 Å². The quantitative estimate of drug-likeness (QED) is 0.609. The number of benzene rings is 1. The van der Waals surface area contributed by atoms with Gasteiger partial charge in [-0.3, -0.25) is 0 Å². The van der Waals surface area contributed by atoms with E-state index >= 15 is 0 Å². The van der Waals surface area contributed by atoms with E-state index in [2.05, 4.69) is 6.58 Å². The molecule has 1 rings (SSSR count). The molecule has 0 heterocycles. The highest BCUT2D eigenvalue weighted by molar-refractivity contribution is 6.47. The van der Waals surface area contributed by atoms with E-state index in [0.717, 1.165) is 6.08 Å². The first-order valence-corrected chi connectivity index (χ1v) is 4.57. The SMILES string of the molecule is C=CC(=O)O.Clc1cccc(Cl)c1Cl. The lowest BCUT2D eigenvalue weighted by atomic mass is 10.4. The van der Waals surface area contributed by atoms with Gasteiger partial charge in [-0.2, -0.15) is 0 Å². The fourth-order valence-electron chi connectivity index (χ4n) is 0.477.